The van der Waals surface area contributed by atoms with Crippen molar-refractivity contribution < 1.29 is 12.3 Å². The lowest BCUT2D eigenvalue weighted by Crippen LogP contribution is -2.18. The number of halogens is 2. The van der Waals surface area contributed by atoms with Gasteiger partial charge in [-0.15, -0.1) is 15.5 Å². The summed E-state index contributed by atoms with van der Waals surface area (Å²) >= 11 is 5.30. The first-order valence-electron chi connectivity index (χ1n) is 3.02. The van der Waals surface area contributed by atoms with Crippen molar-refractivity contribution in [3.63, 3.8) is 0 Å². The Hall–Kier alpha value is 0.170. The Morgan fingerprint density at radius 1 is 1.50 bits per heavy atom. The topological polar surface area (TPSA) is 34.1 Å². The highest BCUT2D eigenvalue weighted by molar-refractivity contribution is 7.88. The van der Waals surface area contributed by atoms with Crippen LogP contribution in [0, 0.1) is 0 Å². The lowest BCUT2D eigenvalue weighted by atomic mass is 10.3. The first-order chi connectivity index (χ1) is 4.52. The average Bonchev–Trinajstić information content (AvgIpc) is 2.45. The molecule has 2 nitrogen and oxygen atoms in total. The minimum atomic E-state index is -4.34. The van der Waals surface area contributed by atoms with Gasteiger partial charge in [0.1, 0.15) is 4.75 Å². The van der Waals surface area contributed by atoms with Gasteiger partial charge >= 0.3 is 10.2 Å². The standard InChI is InChI=1S/C5H8ClFO2S/c6-4-3-5(1-2-5)10(7,8)9/h1-4H2. The Morgan fingerprint density at radius 3 is 2.10 bits per heavy atom. The number of hydrogen-bond donors (Lipinski definition) is 0. The van der Waals surface area contributed by atoms with Gasteiger partial charge in [-0.3, -0.25) is 0 Å². The van der Waals surface area contributed by atoms with E-state index in [1.54, 1.807) is 0 Å². The van der Waals surface area contributed by atoms with Gasteiger partial charge in [-0.2, -0.15) is 8.42 Å². The third-order valence-electron chi connectivity index (χ3n) is 1.88. The van der Waals surface area contributed by atoms with Crippen molar-refractivity contribution in [3.05, 3.63) is 0 Å². The quantitative estimate of drug-likeness (QED) is 0.494. The third kappa shape index (κ3) is 1.27. The molecule has 0 aromatic heterocycles. The van der Waals surface area contributed by atoms with Crippen molar-refractivity contribution in [1.29, 1.82) is 0 Å². The van der Waals surface area contributed by atoms with Gasteiger partial charge in [0.2, 0.25) is 0 Å². The molecule has 0 bridgehead atoms. The Labute approximate surface area is 64.6 Å². The van der Waals surface area contributed by atoms with Crippen molar-refractivity contribution in [3.8, 4) is 0 Å². The molecule has 0 amide bonds. The van der Waals surface area contributed by atoms with E-state index in [2.05, 4.69) is 0 Å². The van der Waals surface area contributed by atoms with Crippen LogP contribution >= 0.6 is 11.6 Å². The predicted octanol–water partition coefficient (Wildman–Crippen LogP) is 1.45. The monoisotopic (exact) mass is 186 g/mol. The molecule has 10 heavy (non-hydrogen) atoms. The van der Waals surface area contributed by atoms with Gasteiger partial charge < -0.3 is 0 Å². The van der Waals surface area contributed by atoms with Crippen LogP contribution in [0.1, 0.15) is 19.3 Å². The molecule has 0 radical (unpaired) electrons. The first-order valence-corrected chi connectivity index (χ1v) is 4.94. The third-order valence-corrected chi connectivity index (χ3v) is 3.71. The van der Waals surface area contributed by atoms with Crippen molar-refractivity contribution in [1.82, 2.24) is 0 Å². The molecule has 60 valence electrons. The van der Waals surface area contributed by atoms with Gasteiger partial charge in [-0.05, 0) is 19.3 Å². The van der Waals surface area contributed by atoms with E-state index in [0.717, 1.165) is 0 Å². The van der Waals surface area contributed by atoms with Crippen molar-refractivity contribution in [2.24, 2.45) is 0 Å². The maximum atomic E-state index is 12.3. The van der Waals surface area contributed by atoms with E-state index in [1.807, 2.05) is 0 Å². The fourth-order valence-corrected chi connectivity index (χ4v) is 2.34. The minimum absolute atomic E-state index is 0.211. The van der Waals surface area contributed by atoms with E-state index in [-0.39, 0.29) is 12.3 Å². The second-order valence-electron chi connectivity index (χ2n) is 2.56. The lowest BCUT2D eigenvalue weighted by Gasteiger charge is -2.05. The van der Waals surface area contributed by atoms with E-state index >= 15 is 0 Å². The van der Waals surface area contributed by atoms with E-state index in [0.29, 0.717) is 12.8 Å². The molecule has 1 saturated carbocycles. The van der Waals surface area contributed by atoms with Crippen LogP contribution in [0.3, 0.4) is 0 Å². The van der Waals surface area contributed by atoms with Crippen LogP contribution in [0.5, 0.6) is 0 Å². The summed E-state index contributed by atoms with van der Waals surface area (Å²) in [5, 5.41) is 0. The molecule has 0 spiro atoms. The highest BCUT2D eigenvalue weighted by Crippen LogP contribution is 2.47. The van der Waals surface area contributed by atoms with Gasteiger partial charge in [0.05, 0.1) is 0 Å². The van der Waals surface area contributed by atoms with E-state index in [4.69, 9.17) is 11.6 Å². The normalized spacial score (nSPS) is 22.6. The summed E-state index contributed by atoms with van der Waals surface area (Å²) < 4.78 is 32.0. The molecule has 0 unspecified atom stereocenters. The van der Waals surface area contributed by atoms with Gasteiger partial charge in [0.15, 0.2) is 0 Å². The largest absolute Gasteiger partial charge is 0.308 e. The van der Waals surface area contributed by atoms with E-state index in [9.17, 15) is 12.3 Å². The number of rotatable bonds is 3. The molecular weight excluding hydrogens is 179 g/mol. The smallest absolute Gasteiger partial charge is 0.194 e. The van der Waals surface area contributed by atoms with Gasteiger partial charge in [-0.1, -0.05) is 0 Å². The second-order valence-corrected chi connectivity index (χ2v) is 4.68. The van der Waals surface area contributed by atoms with Crippen LogP contribution in [0.25, 0.3) is 0 Å². The van der Waals surface area contributed by atoms with Crippen molar-refractivity contribution in [2.75, 3.05) is 5.88 Å². The van der Waals surface area contributed by atoms with Crippen LogP contribution in [0.15, 0.2) is 0 Å². The van der Waals surface area contributed by atoms with Crippen LogP contribution < -0.4 is 0 Å². The molecule has 1 aliphatic rings. The van der Waals surface area contributed by atoms with Gasteiger partial charge in [-0.25, -0.2) is 0 Å². The molecule has 0 N–H and O–H groups in total. The lowest BCUT2D eigenvalue weighted by molar-refractivity contribution is 0.527. The van der Waals surface area contributed by atoms with Gasteiger partial charge in [0.25, 0.3) is 0 Å². The fraction of sp³-hybridized carbons (Fsp3) is 1.00. The first kappa shape index (κ1) is 8.27. The average molecular weight is 187 g/mol. The molecule has 0 heterocycles. The van der Waals surface area contributed by atoms with Crippen LogP contribution in [0.4, 0.5) is 3.89 Å². The minimum Gasteiger partial charge on any atom is -0.194 e. The van der Waals surface area contributed by atoms with E-state index in [1.165, 1.54) is 0 Å². The summed E-state index contributed by atoms with van der Waals surface area (Å²) in [6.45, 7) is 0. The Bertz CT molecular complexity index is 220. The van der Waals surface area contributed by atoms with Crippen LogP contribution in [0.2, 0.25) is 0 Å². The second kappa shape index (κ2) is 2.34. The summed E-state index contributed by atoms with van der Waals surface area (Å²) in [5.41, 5.74) is 0. The summed E-state index contributed by atoms with van der Waals surface area (Å²) in [5.74, 6) is 0.211. The zero-order chi connectivity index (χ0) is 7.83. The zero-order valence-corrected chi connectivity index (χ0v) is 6.88. The Kier molecular flexibility index (Phi) is 1.94. The predicted molar refractivity (Wildman–Crippen MR) is 37.3 cm³/mol. The van der Waals surface area contributed by atoms with Crippen molar-refractivity contribution >= 4 is 21.8 Å². The molecule has 0 aromatic carbocycles. The maximum absolute atomic E-state index is 12.3. The molecule has 0 aromatic rings. The molecule has 0 saturated heterocycles. The van der Waals surface area contributed by atoms with Gasteiger partial charge in [0, 0.05) is 5.88 Å². The number of hydrogen-bond acceptors (Lipinski definition) is 2. The number of alkyl halides is 1. The molecular formula is C5H8ClFO2S. The van der Waals surface area contributed by atoms with E-state index < -0.39 is 15.0 Å². The Balaban J connectivity index is 2.71. The van der Waals surface area contributed by atoms with Crippen LogP contribution in [-0.4, -0.2) is 19.0 Å². The SMILES string of the molecule is O=S(=O)(F)C1(CCCl)CC1. The highest BCUT2D eigenvalue weighted by Gasteiger charge is 2.54. The summed E-state index contributed by atoms with van der Waals surface area (Å²) in [4.78, 5) is 0. The summed E-state index contributed by atoms with van der Waals surface area (Å²) in [6.07, 6.45) is 1.10. The molecule has 1 fully saturated rings. The Morgan fingerprint density at radius 2 is 2.00 bits per heavy atom. The fourth-order valence-electron chi connectivity index (χ4n) is 0.927. The highest BCUT2D eigenvalue weighted by atomic mass is 35.5. The summed E-state index contributed by atoms with van der Waals surface area (Å²) in [7, 11) is -4.34. The van der Waals surface area contributed by atoms with Crippen molar-refractivity contribution in [2.45, 2.75) is 24.0 Å². The van der Waals surface area contributed by atoms with Crippen LogP contribution in [-0.2, 0) is 10.2 Å². The molecule has 0 aliphatic heterocycles. The zero-order valence-electron chi connectivity index (χ0n) is 5.31. The molecule has 0 atom stereocenters. The summed E-state index contributed by atoms with van der Waals surface area (Å²) in [6, 6.07) is 0. The molecule has 1 rings (SSSR count). The molecule has 1 aliphatic carbocycles. The molecule has 5 heteroatoms. The maximum Gasteiger partial charge on any atom is 0.308 e.